The Bertz CT molecular complexity index is 524. The first kappa shape index (κ1) is 21.7. The molecule has 0 radical (unpaired) electrons. The van der Waals surface area contributed by atoms with Crippen molar-refractivity contribution < 1.29 is 13.9 Å². The fourth-order valence-corrected chi connectivity index (χ4v) is 3.13. The van der Waals surface area contributed by atoms with Crippen LogP contribution in [0.1, 0.15) is 39.5 Å². The number of amides is 1. The largest absolute Gasteiger partial charge is 0.489 e. The number of rotatable bonds is 8. The van der Waals surface area contributed by atoms with Crippen molar-refractivity contribution in [2.45, 2.75) is 45.6 Å². The first-order valence-corrected chi connectivity index (χ1v) is 8.98. The standard InChI is InChI=1S/C19H29FN2O2.ClH/c1-3-17(24-18-8-4-7-16(20)11-18)13-22-19(23)10-14(2)15-6-5-9-21-12-15;/h4,7-8,11,14-15,17,21H,3,5-6,9-10,12-13H2,1-2H3,(H,22,23);1H. The molecule has 25 heavy (non-hydrogen) atoms. The summed E-state index contributed by atoms with van der Waals surface area (Å²) in [5.74, 6) is 1.20. The van der Waals surface area contributed by atoms with Crippen molar-refractivity contribution in [3.05, 3.63) is 30.1 Å². The highest BCUT2D eigenvalue weighted by Gasteiger charge is 2.22. The second-order valence-corrected chi connectivity index (χ2v) is 6.70. The van der Waals surface area contributed by atoms with E-state index in [0.717, 1.165) is 19.5 Å². The van der Waals surface area contributed by atoms with Crippen LogP contribution in [0.5, 0.6) is 5.75 Å². The molecule has 0 saturated carbocycles. The van der Waals surface area contributed by atoms with E-state index in [1.54, 1.807) is 12.1 Å². The summed E-state index contributed by atoms with van der Waals surface area (Å²) in [6, 6.07) is 6.10. The van der Waals surface area contributed by atoms with E-state index in [2.05, 4.69) is 17.6 Å². The molecule has 1 aromatic rings. The van der Waals surface area contributed by atoms with Gasteiger partial charge in [-0.15, -0.1) is 12.4 Å². The molecule has 0 bridgehead atoms. The Kier molecular flexibility index (Phi) is 9.83. The Hall–Kier alpha value is -1.33. The van der Waals surface area contributed by atoms with Gasteiger partial charge in [-0.1, -0.05) is 19.9 Å². The topological polar surface area (TPSA) is 50.4 Å². The molecular formula is C19H30ClFN2O2. The lowest BCUT2D eigenvalue weighted by Crippen LogP contribution is -2.38. The van der Waals surface area contributed by atoms with Crippen molar-refractivity contribution in [2.24, 2.45) is 11.8 Å². The van der Waals surface area contributed by atoms with Gasteiger partial charge in [0.05, 0.1) is 6.54 Å². The first-order chi connectivity index (χ1) is 11.6. The molecule has 1 amide bonds. The molecule has 1 aliphatic rings. The highest BCUT2D eigenvalue weighted by molar-refractivity contribution is 5.85. The van der Waals surface area contributed by atoms with Crippen LogP contribution in [0.4, 0.5) is 4.39 Å². The molecule has 0 aromatic heterocycles. The minimum Gasteiger partial charge on any atom is -0.489 e. The smallest absolute Gasteiger partial charge is 0.220 e. The maximum Gasteiger partial charge on any atom is 0.220 e. The molecule has 2 N–H and O–H groups in total. The second-order valence-electron chi connectivity index (χ2n) is 6.70. The summed E-state index contributed by atoms with van der Waals surface area (Å²) >= 11 is 0. The highest BCUT2D eigenvalue weighted by atomic mass is 35.5. The van der Waals surface area contributed by atoms with Crippen molar-refractivity contribution in [1.29, 1.82) is 0 Å². The van der Waals surface area contributed by atoms with Crippen molar-refractivity contribution in [1.82, 2.24) is 10.6 Å². The zero-order valence-electron chi connectivity index (χ0n) is 15.1. The number of carbonyl (C=O) groups is 1. The van der Waals surface area contributed by atoms with Crippen molar-refractivity contribution in [2.75, 3.05) is 19.6 Å². The minimum atomic E-state index is -0.318. The van der Waals surface area contributed by atoms with Gasteiger partial charge in [-0.2, -0.15) is 0 Å². The van der Waals surface area contributed by atoms with Crippen LogP contribution < -0.4 is 15.4 Å². The molecule has 3 atom stereocenters. The van der Waals surface area contributed by atoms with Crippen LogP contribution in [-0.2, 0) is 4.79 Å². The van der Waals surface area contributed by atoms with Gasteiger partial charge in [-0.25, -0.2) is 4.39 Å². The van der Waals surface area contributed by atoms with E-state index in [1.165, 1.54) is 25.0 Å². The zero-order chi connectivity index (χ0) is 17.4. The molecule has 142 valence electrons. The Morgan fingerprint density at radius 1 is 1.48 bits per heavy atom. The van der Waals surface area contributed by atoms with Crippen molar-refractivity contribution in [3.8, 4) is 5.75 Å². The summed E-state index contributed by atoms with van der Waals surface area (Å²) in [5.41, 5.74) is 0. The third-order valence-electron chi connectivity index (χ3n) is 4.73. The molecule has 6 heteroatoms. The number of hydrogen-bond donors (Lipinski definition) is 2. The monoisotopic (exact) mass is 372 g/mol. The van der Waals surface area contributed by atoms with E-state index in [1.807, 2.05) is 6.92 Å². The summed E-state index contributed by atoms with van der Waals surface area (Å²) in [5, 5.41) is 6.36. The number of benzene rings is 1. The molecule has 1 heterocycles. The molecule has 3 unspecified atom stereocenters. The number of ether oxygens (including phenoxy) is 1. The van der Waals surface area contributed by atoms with Gasteiger partial charge >= 0.3 is 0 Å². The van der Waals surface area contributed by atoms with Crippen LogP contribution in [0, 0.1) is 17.7 Å². The van der Waals surface area contributed by atoms with Crippen LogP contribution in [0.25, 0.3) is 0 Å². The van der Waals surface area contributed by atoms with Crippen LogP contribution >= 0.6 is 12.4 Å². The molecule has 1 aliphatic heterocycles. The molecule has 1 aromatic carbocycles. The Balaban J connectivity index is 0.00000312. The molecule has 0 aliphatic carbocycles. The fourth-order valence-electron chi connectivity index (χ4n) is 3.13. The van der Waals surface area contributed by atoms with E-state index in [-0.39, 0.29) is 30.2 Å². The number of halogens is 2. The van der Waals surface area contributed by atoms with Gasteiger partial charge < -0.3 is 15.4 Å². The van der Waals surface area contributed by atoms with Gasteiger partial charge in [0.1, 0.15) is 17.7 Å². The van der Waals surface area contributed by atoms with Crippen LogP contribution in [0.15, 0.2) is 24.3 Å². The summed E-state index contributed by atoms with van der Waals surface area (Å²) in [6.45, 7) is 6.69. The number of piperidine rings is 1. The van der Waals surface area contributed by atoms with Gasteiger partial charge in [-0.05, 0) is 56.3 Å². The molecule has 2 rings (SSSR count). The minimum absolute atomic E-state index is 0. The van der Waals surface area contributed by atoms with Gasteiger partial charge in [0, 0.05) is 12.5 Å². The Labute approximate surface area is 156 Å². The molecular weight excluding hydrogens is 343 g/mol. The SMILES string of the molecule is CCC(CNC(=O)CC(C)C1CCCNC1)Oc1cccc(F)c1.Cl. The second kappa shape index (κ2) is 11.3. The maximum absolute atomic E-state index is 13.2. The quantitative estimate of drug-likeness (QED) is 0.733. The Morgan fingerprint density at radius 2 is 2.28 bits per heavy atom. The van der Waals surface area contributed by atoms with Gasteiger partial charge in [0.2, 0.25) is 5.91 Å². The third-order valence-corrected chi connectivity index (χ3v) is 4.73. The number of nitrogens with one attached hydrogen (secondary N) is 2. The molecule has 1 saturated heterocycles. The summed E-state index contributed by atoms with van der Waals surface area (Å²) in [6.07, 6.45) is 3.53. The van der Waals surface area contributed by atoms with Gasteiger partial charge in [0.25, 0.3) is 0 Å². The predicted octanol–water partition coefficient (Wildman–Crippen LogP) is 3.55. The van der Waals surface area contributed by atoms with E-state index >= 15 is 0 Å². The van der Waals surface area contributed by atoms with Gasteiger partial charge in [0.15, 0.2) is 0 Å². The summed E-state index contributed by atoms with van der Waals surface area (Å²) in [4.78, 5) is 12.2. The van der Waals surface area contributed by atoms with Crippen molar-refractivity contribution >= 4 is 18.3 Å². The normalized spacial score (nSPS) is 19.4. The number of hydrogen-bond acceptors (Lipinski definition) is 3. The maximum atomic E-state index is 13.2. The van der Waals surface area contributed by atoms with E-state index in [0.29, 0.717) is 30.6 Å². The molecule has 1 fully saturated rings. The predicted molar refractivity (Wildman–Crippen MR) is 101 cm³/mol. The van der Waals surface area contributed by atoms with Crippen LogP contribution in [0.2, 0.25) is 0 Å². The lowest BCUT2D eigenvalue weighted by molar-refractivity contribution is -0.122. The zero-order valence-corrected chi connectivity index (χ0v) is 15.9. The molecule has 0 spiro atoms. The van der Waals surface area contributed by atoms with E-state index in [9.17, 15) is 9.18 Å². The lowest BCUT2D eigenvalue weighted by Gasteiger charge is -2.28. The highest BCUT2D eigenvalue weighted by Crippen LogP contribution is 2.22. The average molecular weight is 373 g/mol. The first-order valence-electron chi connectivity index (χ1n) is 8.98. The average Bonchev–Trinajstić information content (AvgIpc) is 2.59. The van der Waals surface area contributed by atoms with Crippen LogP contribution in [-0.4, -0.2) is 31.6 Å². The lowest BCUT2D eigenvalue weighted by atomic mass is 9.85. The fraction of sp³-hybridized carbons (Fsp3) is 0.632. The van der Waals surface area contributed by atoms with Crippen molar-refractivity contribution in [3.63, 3.8) is 0 Å². The molecule has 4 nitrogen and oxygen atoms in total. The summed E-state index contributed by atoms with van der Waals surface area (Å²) in [7, 11) is 0. The summed E-state index contributed by atoms with van der Waals surface area (Å²) < 4.78 is 19.0. The Morgan fingerprint density at radius 3 is 2.92 bits per heavy atom. The van der Waals surface area contributed by atoms with E-state index < -0.39 is 0 Å². The van der Waals surface area contributed by atoms with E-state index in [4.69, 9.17) is 4.74 Å². The van der Waals surface area contributed by atoms with Gasteiger partial charge in [-0.3, -0.25) is 4.79 Å². The number of carbonyl (C=O) groups excluding carboxylic acids is 1. The third kappa shape index (κ3) is 7.61. The van der Waals surface area contributed by atoms with Crippen LogP contribution in [0.3, 0.4) is 0 Å².